The van der Waals surface area contributed by atoms with Gasteiger partial charge in [-0.15, -0.1) is 0 Å². The van der Waals surface area contributed by atoms with Gasteiger partial charge in [-0.05, 0) is 38.8 Å². The number of rotatable bonds is 4. The molecule has 2 aromatic heterocycles. The summed E-state index contributed by atoms with van der Waals surface area (Å²) in [6.45, 7) is 4.86. The van der Waals surface area contributed by atoms with Crippen LogP contribution in [0.1, 0.15) is 36.0 Å². The van der Waals surface area contributed by atoms with Gasteiger partial charge in [0.2, 0.25) is 0 Å². The van der Waals surface area contributed by atoms with E-state index in [4.69, 9.17) is 0 Å². The predicted molar refractivity (Wildman–Crippen MR) is 71.5 cm³/mol. The maximum atomic E-state index is 4.46. The van der Waals surface area contributed by atoms with E-state index >= 15 is 0 Å². The van der Waals surface area contributed by atoms with Crippen LogP contribution in [0.15, 0.2) is 24.7 Å². The molecular weight excluding hydrogens is 224 g/mol. The summed E-state index contributed by atoms with van der Waals surface area (Å²) in [5.41, 5.74) is 4.45. The monoisotopic (exact) mass is 242 g/mol. The van der Waals surface area contributed by atoms with Crippen LogP contribution in [0.3, 0.4) is 0 Å². The molecule has 0 unspecified atom stereocenters. The highest BCUT2D eigenvalue weighted by molar-refractivity contribution is 5.47. The van der Waals surface area contributed by atoms with Crippen LogP contribution >= 0.6 is 0 Å². The van der Waals surface area contributed by atoms with Gasteiger partial charge in [-0.25, -0.2) is 4.98 Å². The number of hydrogen-bond donors (Lipinski definition) is 1. The number of pyridine rings is 1. The Morgan fingerprint density at radius 3 is 2.89 bits per heavy atom. The van der Waals surface area contributed by atoms with Crippen molar-refractivity contribution in [3.63, 3.8) is 0 Å². The second kappa shape index (κ2) is 4.44. The van der Waals surface area contributed by atoms with Crippen LogP contribution in [0.2, 0.25) is 0 Å². The largest absolute Gasteiger partial charge is 0.378 e. The molecule has 1 fully saturated rings. The molecule has 0 aliphatic heterocycles. The number of anilines is 1. The Morgan fingerprint density at radius 1 is 1.33 bits per heavy atom. The average Bonchev–Trinajstić information content (AvgIpc) is 3.08. The van der Waals surface area contributed by atoms with E-state index in [1.54, 1.807) is 0 Å². The van der Waals surface area contributed by atoms with E-state index in [1.807, 2.05) is 32.4 Å². The lowest BCUT2D eigenvalue weighted by Crippen LogP contribution is -2.07. The topological polar surface area (TPSA) is 42.7 Å². The Bertz CT molecular complexity index is 555. The summed E-state index contributed by atoms with van der Waals surface area (Å²) < 4.78 is 2.28. The van der Waals surface area contributed by atoms with Crippen molar-refractivity contribution in [2.45, 2.75) is 39.3 Å². The van der Waals surface area contributed by atoms with Crippen molar-refractivity contribution in [1.29, 1.82) is 0 Å². The van der Waals surface area contributed by atoms with Gasteiger partial charge in [0.15, 0.2) is 0 Å². The van der Waals surface area contributed by atoms with Crippen LogP contribution in [0.25, 0.3) is 0 Å². The first-order chi connectivity index (χ1) is 8.74. The number of imidazole rings is 1. The minimum Gasteiger partial charge on any atom is -0.378 e. The van der Waals surface area contributed by atoms with E-state index in [-0.39, 0.29) is 0 Å². The zero-order valence-corrected chi connectivity index (χ0v) is 10.8. The van der Waals surface area contributed by atoms with Crippen LogP contribution in [-0.2, 0) is 6.54 Å². The van der Waals surface area contributed by atoms with Crippen LogP contribution in [0.5, 0.6) is 0 Å². The molecule has 4 heteroatoms. The summed E-state index contributed by atoms with van der Waals surface area (Å²) in [5.74, 6) is 0. The fourth-order valence-corrected chi connectivity index (χ4v) is 2.21. The van der Waals surface area contributed by atoms with Crippen molar-refractivity contribution in [2.75, 3.05) is 5.32 Å². The standard InChI is InChI=1S/C14H18N4/c1-10-3-6-14(11(2)17-10)16-8-13-7-15-9-18(13)12-4-5-12/h3,6-7,9,12,16H,4-5,8H2,1-2H3. The van der Waals surface area contributed by atoms with Crippen molar-refractivity contribution in [1.82, 2.24) is 14.5 Å². The molecule has 0 amide bonds. The molecule has 1 N–H and O–H groups in total. The summed E-state index contributed by atoms with van der Waals surface area (Å²) >= 11 is 0. The van der Waals surface area contributed by atoms with Gasteiger partial charge in [-0.3, -0.25) is 4.98 Å². The zero-order valence-electron chi connectivity index (χ0n) is 10.8. The lowest BCUT2D eigenvalue weighted by atomic mass is 10.2. The zero-order chi connectivity index (χ0) is 12.5. The minimum atomic E-state index is 0.682. The van der Waals surface area contributed by atoms with Gasteiger partial charge in [0.1, 0.15) is 0 Å². The number of nitrogens with one attached hydrogen (secondary N) is 1. The number of hydrogen-bond acceptors (Lipinski definition) is 3. The van der Waals surface area contributed by atoms with Crippen LogP contribution < -0.4 is 5.32 Å². The van der Waals surface area contributed by atoms with E-state index in [1.165, 1.54) is 18.5 Å². The second-order valence-corrected chi connectivity index (χ2v) is 4.96. The molecule has 4 nitrogen and oxygen atoms in total. The smallest absolute Gasteiger partial charge is 0.0951 e. The fraction of sp³-hybridized carbons (Fsp3) is 0.429. The Balaban J connectivity index is 1.71. The first kappa shape index (κ1) is 11.3. The van der Waals surface area contributed by atoms with E-state index in [0.717, 1.165) is 23.6 Å². The third-order valence-corrected chi connectivity index (χ3v) is 3.37. The van der Waals surface area contributed by atoms with Gasteiger partial charge in [0.25, 0.3) is 0 Å². The SMILES string of the molecule is Cc1ccc(NCc2cncn2C2CC2)c(C)n1. The van der Waals surface area contributed by atoms with Gasteiger partial charge in [-0.1, -0.05) is 0 Å². The third-order valence-electron chi connectivity index (χ3n) is 3.37. The van der Waals surface area contributed by atoms with E-state index in [9.17, 15) is 0 Å². The van der Waals surface area contributed by atoms with Crippen molar-refractivity contribution in [2.24, 2.45) is 0 Å². The molecule has 0 aromatic carbocycles. The van der Waals surface area contributed by atoms with Gasteiger partial charge >= 0.3 is 0 Å². The fourth-order valence-electron chi connectivity index (χ4n) is 2.21. The van der Waals surface area contributed by atoms with Crippen molar-refractivity contribution < 1.29 is 0 Å². The third kappa shape index (κ3) is 2.23. The van der Waals surface area contributed by atoms with Gasteiger partial charge in [0, 0.05) is 17.9 Å². The predicted octanol–water partition coefficient (Wildman–Crippen LogP) is 2.84. The van der Waals surface area contributed by atoms with Crippen LogP contribution in [-0.4, -0.2) is 14.5 Å². The first-order valence-corrected chi connectivity index (χ1v) is 6.43. The summed E-state index contributed by atoms with van der Waals surface area (Å²) in [6.07, 6.45) is 6.46. The molecule has 2 aromatic rings. The molecule has 1 aliphatic rings. The highest BCUT2D eigenvalue weighted by atomic mass is 15.1. The summed E-state index contributed by atoms with van der Waals surface area (Å²) in [4.78, 5) is 8.70. The minimum absolute atomic E-state index is 0.682. The van der Waals surface area contributed by atoms with E-state index in [2.05, 4.69) is 25.9 Å². The molecule has 0 radical (unpaired) electrons. The summed E-state index contributed by atoms with van der Waals surface area (Å²) in [5, 5.41) is 3.44. The average molecular weight is 242 g/mol. The molecule has 0 atom stereocenters. The number of aromatic nitrogens is 3. The number of nitrogens with zero attached hydrogens (tertiary/aromatic N) is 3. The molecular formula is C14H18N4. The Labute approximate surface area is 107 Å². The second-order valence-electron chi connectivity index (χ2n) is 4.96. The maximum Gasteiger partial charge on any atom is 0.0951 e. The first-order valence-electron chi connectivity index (χ1n) is 6.43. The molecule has 94 valence electrons. The number of aryl methyl sites for hydroxylation is 2. The highest BCUT2D eigenvalue weighted by Crippen LogP contribution is 2.35. The van der Waals surface area contributed by atoms with Gasteiger partial charge in [-0.2, -0.15) is 0 Å². The van der Waals surface area contributed by atoms with Crippen LogP contribution in [0.4, 0.5) is 5.69 Å². The van der Waals surface area contributed by atoms with Crippen molar-refractivity contribution in [3.05, 3.63) is 41.7 Å². The molecule has 3 rings (SSSR count). The summed E-state index contributed by atoms with van der Waals surface area (Å²) in [6, 6.07) is 4.81. The van der Waals surface area contributed by atoms with Crippen molar-refractivity contribution >= 4 is 5.69 Å². The molecule has 0 bridgehead atoms. The quantitative estimate of drug-likeness (QED) is 0.896. The molecule has 2 heterocycles. The summed E-state index contributed by atoms with van der Waals surface area (Å²) in [7, 11) is 0. The van der Waals surface area contributed by atoms with E-state index < -0.39 is 0 Å². The van der Waals surface area contributed by atoms with E-state index in [0.29, 0.717) is 6.04 Å². The molecule has 18 heavy (non-hydrogen) atoms. The normalized spacial score (nSPS) is 14.8. The maximum absolute atomic E-state index is 4.46. The van der Waals surface area contributed by atoms with Gasteiger partial charge in [0.05, 0.1) is 29.9 Å². The Hall–Kier alpha value is -1.84. The van der Waals surface area contributed by atoms with Crippen LogP contribution in [0, 0.1) is 13.8 Å². The molecule has 0 spiro atoms. The molecule has 1 saturated carbocycles. The Kier molecular flexibility index (Phi) is 2.78. The lowest BCUT2D eigenvalue weighted by Gasteiger charge is -2.11. The van der Waals surface area contributed by atoms with Gasteiger partial charge < -0.3 is 9.88 Å². The van der Waals surface area contributed by atoms with Crippen molar-refractivity contribution in [3.8, 4) is 0 Å². The Morgan fingerprint density at radius 2 is 2.17 bits per heavy atom. The molecule has 0 saturated heterocycles. The lowest BCUT2D eigenvalue weighted by molar-refractivity contribution is 0.701. The highest BCUT2D eigenvalue weighted by Gasteiger charge is 2.24. The molecule has 1 aliphatic carbocycles.